The van der Waals surface area contributed by atoms with E-state index in [1.807, 2.05) is 47.8 Å². The van der Waals surface area contributed by atoms with Gasteiger partial charge in [-0.3, -0.25) is 4.98 Å². The Labute approximate surface area is 271 Å². The lowest BCUT2D eigenvalue weighted by molar-refractivity contribution is 0.303. The quantitative estimate of drug-likeness (QED) is 0.114. The summed E-state index contributed by atoms with van der Waals surface area (Å²) in [6, 6.07) is 22.9. The Balaban J connectivity index is 1.14. The molecule has 3 aromatic heterocycles. The van der Waals surface area contributed by atoms with Gasteiger partial charge in [-0.2, -0.15) is 8.42 Å². The highest BCUT2D eigenvalue weighted by Crippen LogP contribution is 2.33. The van der Waals surface area contributed by atoms with E-state index in [0.29, 0.717) is 23.8 Å². The average molecular weight is 704 g/mol. The Morgan fingerprint density at radius 1 is 0.978 bits per heavy atom. The van der Waals surface area contributed by atoms with Gasteiger partial charge in [0.2, 0.25) is 10.3 Å². The van der Waals surface area contributed by atoms with Crippen LogP contribution in [-0.4, -0.2) is 39.8 Å². The van der Waals surface area contributed by atoms with Gasteiger partial charge in [-0.15, -0.1) is 11.3 Å². The van der Waals surface area contributed by atoms with Gasteiger partial charge in [0.15, 0.2) is 0 Å². The first-order valence-electron chi connectivity index (χ1n) is 13.6. The second kappa shape index (κ2) is 14.0. The molecule has 0 atom stereocenters. The summed E-state index contributed by atoms with van der Waals surface area (Å²) in [4.78, 5) is 18.0. The molecule has 0 aliphatic carbocycles. The molecule has 0 unspecified atom stereocenters. The molecule has 0 saturated carbocycles. The van der Waals surface area contributed by atoms with E-state index < -0.39 is 10.3 Å². The number of anilines is 2. The Kier molecular flexibility index (Phi) is 9.50. The minimum atomic E-state index is -2.39. The van der Waals surface area contributed by atoms with Crippen molar-refractivity contribution in [3.05, 3.63) is 123 Å². The van der Waals surface area contributed by atoms with Crippen molar-refractivity contribution in [3.8, 4) is 17.0 Å². The van der Waals surface area contributed by atoms with Crippen LogP contribution in [0.15, 0.2) is 101 Å². The van der Waals surface area contributed by atoms with E-state index in [4.69, 9.17) is 9.72 Å². The number of nitrogens with zero attached hydrogens (tertiary/aromatic N) is 4. The van der Waals surface area contributed by atoms with Crippen molar-refractivity contribution < 1.29 is 17.5 Å². The number of benzene rings is 3. The summed E-state index contributed by atoms with van der Waals surface area (Å²) in [6.45, 7) is 0.779. The van der Waals surface area contributed by atoms with E-state index >= 15 is 0 Å². The predicted molar refractivity (Wildman–Crippen MR) is 178 cm³/mol. The predicted octanol–water partition coefficient (Wildman–Crippen LogP) is 6.56. The van der Waals surface area contributed by atoms with Crippen LogP contribution in [0, 0.1) is 5.82 Å². The number of ether oxygens (including phenoxy) is 1. The number of fused-ring (bicyclic) bond motifs is 1. The molecule has 3 aromatic carbocycles. The summed E-state index contributed by atoms with van der Waals surface area (Å²) in [5.41, 5.74) is 4.39. The van der Waals surface area contributed by atoms with E-state index in [1.165, 1.54) is 29.8 Å². The van der Waals surface area contributed by atoms with E-state index in [-0.39, 0.29) is 23.8 Å². The van der Waals surface area contributed by atoms with Crippen LogP contribution in [0.3, 0.4) is 0 Å². The minimum Gasteiger partial charge on any atom is -0.488 e. The molecule has 2 N–H and O–H groups in total. The maximum Gasteiger partial charge on any atom is 0.220 e. The Morgan fingerprint density at radius 3 is 2.69 bits per heavy atom. The van der Waals surface area contributed by atoms with Crippen LogP contribution in [0.1, 0.15) is 16.3 Å². The third-order valence-electron chi connectivity index (χ3n) is 6.67. The third kappa shape index (κ3) is 7.57. The molecule has 6 rings (SSSR count). The van der Waals surface area contributed by atoms with Crippen molar-refractivity contribution in [1.29, 1.82) is 0 Å². The summed E-state index contributed by atoms with van der Waals surface area (Å²) < 4.78 is 43.6. The third-order valence-corrected chi connectivity index (χ3v) is 8.90. The molecular weight excluding hydrogens is 679 g/mol. The van der Waals surface area contributed by atoms with Crippen molar-refractivity contribution in [2.75, 3.05) is 11.9 Å². The van der Waals surface area contributed by atoms with Gasteiger partial charge in [0.05, 0.1) is 21.4 Å². The molecule has 0 aliphatic rings. The number of nitrogens with one attached hydrogen (secondary N) is 2. The summed E-state index contributed by atoms with van der Waals surface area (Å²) >= 11 is 5.05. The number of thiazole rings is 1. The van der Waals surface area contributed by atoms with E-state index in [9.17, 15) is 12.8 Å². The van der Waals surface area contributed by atoms with Crippen molar-refractivity contribution >= 4 is 64.8 Å². The Morgan fingerprint density at radius 2 is 1.89 bits per heavy atom. The molecule has 226 valence electrons. The van der Waals surface area contributed by atoms with E-state index in [1.54, 1.807) is 30.5 Å². The average Bonchev–Trinajstić information content (AvgIpc) is 3.52. The van der Waals surface area contributed by atoms with Crippen molar-refractivity contribution in [3.63, 3.8) is 0 Å². The monoisotopic (exact) mass is 702 g/mol. The molecule has 0 radical (unpaired) electrons. The standard InChI is InChI=1S/C32H24BrFN6O3S2/c33-25-14-23(8-10-29(25)43-17-20-4-3-5-22(34)12-20)39-32-24-13-21(7-9-26(24)37-19-38-32)28-18-44-31(40-28)16-35-15-30(45(41)42)27-6-1-2-11-36-27/h1-14,18-19,35H,15-17H2,(H,37,38,39). The Hall–Kier alpha value is -4.56. The lowest BCUT2D eigenvalue weighted by atomic mass is 10.1. The van der Waals surface area contributed by atoms with Crippen LogP contribution >= 0.6 is 27.3 Å². The van der Waals surface area contributed by atoms with Gasteiger partial charge in [-0.05, 0) is 76.1 Å². The second-order valence-electron chi connectivity index (χ2n) is 9.75. The van der Waals surface area contributed by atoms with E-state index in [2.05, 4.69) is 41.5 Å². The molecule has 3 heterocycles. The van der Waals surface area contributed by atoms with Crippen LogP contribution < -0.4 is 15.4 Å². The van der Waals surface area contributed by atoms with Gasteiger partial charge in [0.25, 0.3) is 0 Å². The molecular formula is C32H24BrFN6O3S2. The van der Waals surface area contributed by atoms with Gasteiger partial charge < -0.3 is 15.4 Å². The number of hydrogen-bond donors (Lipinski definition) is 2. The highest BCUT2D eigenvalue weighted by Gasteiger charge is 2.12. The van der Waals surface area contributed by atoms with Gasteiger partial charge in [-0.1, -0.05) is 24.3 Å². The van der Waals surface area contributed by atoms with Crippen LogP contribution in [0.25, 0.3) is 22.2 Å². The Bertz CT molecular complexity index is 2120. The normalized spacial score (nSPS) is 11.0. The molecule has 0 amide bonds. The molecule has 0 fully saturated rings. The number of halogens is 2. The minimum absolute atomic E-state index is 0.139. The highest BCUT2D eigenvalue weighted by molar-refractivity contribution is 9.10. The fourth-order valence-electron chi connectivity index (χ4n) is 4.51. The second-order valence-corrected chi connectivity index (χ2v) is 12.5. The summed E-state index contributed by atoms with van der Waals surface area (Å²) in [5.74, 6) is 0.951. The number of rotatable bonds is 11. The van der Waals surface area contributed by atoms with Gasteiger partial charge in [-0.25, -0.2) is 19.3 Å². The maximum absolute atomic E-state index is 13.5. The summed E-state index contributed by atoms with van der Waals surface area (Å²) in [7, 11) is -2.39. The first kappa shape index (κ1) is 30.5. The summed E-state index contributed by atoms with van der Waals surface area (Å²) in [6.07, 6.45) is 3.07. The van der Waals surface area contributed by atoms with E-state index in [0.717, 1.165) is 42.9 Å². The largest absolute Gasteiger partial charge is 0.488 e. The van der Waals surface area contributed by atoms with Gasteiger partial charge in [0, 0.05) is 41.3 Å². The first-order chi connectivity index (χ1) is 21.9. The first-order valence-corrected chi connectivity index (χ1v) is 16.4. The SMILES string of the molecule is O=S(=O)=C(CNCc1nc(-c2ccc3ncnc(Nc4ccc(OCc5cccc(F)c5)c(Br)c4)c3c2)cs1)c1ccccn1. The molecule has 9 nitrogen and oxygen atoms in total. The zero-order valence-electron chi connectivity index (χ0n) is 23.4. The maximum atomic E-state index is 13.5. The zero-order valence-corrected chi connectivity index (χ0v) is 26.7. The van der Waals surface area contributed by atoms with Crippen molar-refractivity contribution in [2.24, 2.45) is 0 Å². The van der Waals surface area contributed by atoms with Crippen molar-refractivity contribution in [2.45, 2.75) is 13.2 Å². The molecule has 45 heavy (non-hydrogen) atoms. The molecule has 0 bridgehead atoms. The fraction of sp³-hybridized carbons (Fsp3) is 0.0938. The summed E-state index contributed by atoms with van der Waals surface area (Å²) in [5, 5.41) is 10.1. The van der Waals surface area contributed by atoms with Crippen LogP contribution in [0.5, 0.6) is 5.75 Å². The smallest absolute Gasteiger partial charge is 0.220 e. The van der Waals surface area contributed by atoms with Crippen LogP contribution in [-0.2, 0) is 23.4 Å². The molecule has 0 spiro atoms. The zero-order chi connectivity index (χ0) is 31.2. The molecule has 13 heteroatoms. The lowest BCUT2D eigenvalue weighted by Gasteiger charge is -2.12. The molecule has 6 aromatic rings. The molecule has 0 saturated heterocycles. The molecule has 0 aliphatic heterocycles. The number of pyridine rings is 1. The van der Waals surface area contributed by atoms with Crippen LogP contribution in [0.4, 0.5) is 15.9 Å². The number of hydrogen-bond acceptors (Lipinski definition) is 10. The lowest BCUT2D eigenvalue weighted by Crippen LogP contribution is -2.24. The highest BCUT2D eigenvalue weighted by atomic mass is 79.9. The van der Waals surface area contributed by atoms with Crippen LogP contribution in [0.2, 0.25) is 0 Å². The topological polar surface area (TPSA) is 119 Å². The number of aromatic nitrogens is 4. The van der Waals surface area contributed by atoms with Gasteiger partial charge in [0.1, 0.15) is 40.2 Å². The fourth-order valence-corrected chi connectivity index (χ4v) is 6.28. The van der Waals surface area contributed by atoms with Crippen molar-refractivity contribution in [1.82, 2.24) is 25.3 Å². The van der Waals surface area contributed by atoms with Gasteiger partial charge >= 0.3 is 0 Å².